The number of rotatable bonds is 3. The van der Waals surface area contributed by atoms with Crippen molar-refractivity contribution in [1.82, 2.24) is 5.32 Å². The van der Waals surface area contributed by atoms with Crippen LogP contribution in [-0.4, -0.2) is 17.8 Å². The van der Waals surface area contributed by atoms with Crippen LogP contribution in [0.2, 0.25) is 0 Å². The maximum Gasteiger partial charge on any atom is 0.251 e. The number of hydrogen-bond donors (Lipinski definition) is 1. The molecule has 0 fully saturated rings. The van der Waals surface area contributed by atoms with Crippen molar-refractivity contribution in [1.29, 1.82) is 0 Å². The van der Waals surface area contributed by atoms with E-state index in [0.717, 1.165) is 10.0 Å². The molecule has 0 aliphatic carbocycles. The molecule has 0 aliphatic heterocycles. The minimum absolute atomic E-state index is 0.0118. The van der Waals surface area contributed by atoms with Gasteiger partial charge >= 0.3 is 0 Å². The smallest absolute Gasteiger partial charge is 0.251 e. The Hall–Kier alpha value is -0.540. The molecule has 1 aromatic carbocycles. The average Bonchev–Trinajstić information content (AvgIpc) is 2.17. The molecule has 0 aromatic heterocycles. The van der Waals surface area contributed by atoms with Crippen LogP contribution in [0.4, 0.5) is 0 Å². The molecule has 1 atom stereocenters. The summed E-state index contributed by atoms with van der Waals surface area (Å²) in [5.74, 6) is 0.342. The Kier molecular flexibility index (Phi) is 4.61. The third-order valence-electron chi connectivity index (χ3n) is 2.04. The topological polar surface area (TPSA) is 29.1 Å². The van der Waals surface area contributed by atoms with Crippen molar-refractivity contribution >= 4 is 33.4 Å². The van der Waals surface area contributed by atoms with Crippen LogP contribution in [0.25, 0.3) is 0 Å². The van der Waals surface area contributed by atoms with Crippen LogP contribution in [0.5, 0.6) is 0 Å². The van der Waals surface area contributed by atoms with Crippen molar-refractivity contribution in [2.45, 2.75) is 19.9 Å². The van der Waals surface area contributed by atoms with Gasteiger partial charge in [-0.25, -0.2) is 0 Å². The van der Waals surface area contributed by atoms with Gasteiger partial charge in [-0.15, -0.1) is 11.6 Å². The average molecular weight is 291 g/mol. The van der Waals surface area contributed by atoms with Gasteiger partial charge in [0.1, 0.15) is 0 Å². The van der Waals surface area contributed by atoms with Crippen molar-refractivity contribution in [2.24, 2.45) is 0 Å². The van der Waals surface area contributed by atoms with E-state index < -0.39 is 0 Å². The number of benzene rings is 1. The van der Waals surface area contributed by atoms with Gasteiger partial charge in [-0.1, -0.05) is 15.9 Å². The van der Waals surface area contributed by atoms with Gasteiger partial charge in [-0.2, -0.15) is 0 Å². The standard InChI is InChI=1S/C11H13BrClNO/c1-7-5-9(12)3-4-10(7)11(15)14-8(2)6-13/h3-5,8H,6H2,1-2H3,(H,14,15). The zero-order valence-electron chi connectivity index (χ0n) is 8.68. The second kappa shape index (κ2) is 5.52. The summed E-state index contributed by atoms with van der Waals surface area (Å²) >= 11 is 8.98. The lowest BCUT2D eigenvalue weighted by atomic mass is 10.1. The fraction of sp³-hybridized carbons (Fsp3) is 0.364. The molecule has 4 heteroatoms. The molecule has 0 saturated heterocycles. The fourth-order valence-corrected chi connectivity index (χ4v) is 1.77. The van der Waals surface area contributed by atoms with Crippen molar-refractivity contribution in [2.75, 3.05) is 5.88 Å². The summed E-state index contributed by atoms with van der Waals surface area (Å²) in [5, 5.41) is 2.82. The van der Waals surface area contributed by atoms with Gasteiger partial charge in [-0.3, -0.25) is 4.79 Å². The van der Waals surface area contributed by atoms with E-state index in [1.54, 1.807) is 6.07 Å². The molecule has 0 bridgehead atoms. The number of alkyl halides is 1. The fourth-order valence-electron chi connectivity index (χ4n) is 1.22. The lowest BCUT2D eigenvalue weighted by Crippen LogP contribution is -2.34. The van der Waals surface area contributed by atoms with Gasteiger partial charge in [0.15, 0.2) is 0 Å². The number of halogens is 2. The van der Waals surface area contributed by atoms with E-state index in [-0.39, 0.29) is 11.9 Å². The molecule has 1 N–H and O–H groups in total. The Morgan fingerprint density at radius 1 is 1.60 bits per heavy atom. The molecular formula is C11H13BrClNO. The minimum atomic E-state index is -0.0758. The second-order valence-electron chi connectivity index (χ2n) is 3.49. The van der Waals surface area contributed by atoms with Crippen molar-refractivity contribution < 1.29 is 4.79 Å². The Balaban J connectivity index is 2.82. The molecule has 2 nitrogen and oxygen atoms in total. The lowest BCUT2D eigenvalue weighted by Gasteiger charge is -2.12. The zero-order valence-corrected chi connectivity index (χ0v) is 11.0. The summed E-state index contributed by atoms with van der Waals surface area (Å²) in [6, 6.07) is 5.56. The molecule has 15 heavy (non-hydrogen) atoms. The summed E-state index contributed by atoms with van der Waals surface area (Å²) in [6.45, 7) is 3.78. The highest BCUT2D eigenvalue weighted by atomic mass is 79.9. The zero-order chi connectivity index (χ0) is 11.4. The lowest BCUT2D eigenvalue weighted by molar-refractivity contribution is 0.0943. The molecule has 0 heterocycles. The Bertz CT molecular complexity index is 368. The third kappa shape index (κ3) is 3.50. The molecule has 0 aliphatic rings. The van der Waals surface area contributed by atoms with E-state index in [2.05, 4.69) is 21.2 Å². The molecule has 0 spiro atoms. The molecule has 1 rings (SSSR count). The van der Waals surface area contributed by atoms with Crippen molar-refractivity contribution in [3.63, 3.8) is 0 Å². The normalized spacial score (nSPS) is 12.3. The van der Waals surface area contributed by atoms with E-state index in [9.17, 15) is 4.79 Å². The number of amides is 1. The molecular weight excluding hydrogens is 277 g/mol. The van der Waals surface area contributed by atoms with E-state index in [0.29, 0.717) is 11.4 Å². The monoisotopic (exact) mass is 289 g/mol. The maximum absolute atomic E-state index is 11.8. The first-order chi connectivity index (χ1) is 7.04. The van der Waals surface area contributed by atoms with E-state index in [1.807, 2.05) is 26.0 Å². The first-order valence-electron chi connectivity index (χ1n) is 4.67. The van der Waals surface area contributed by atoms with Crippen molar-refractivity contribution in [3.05, 3.63) is 33.8 Å². The number of carbonyl (C=O) groups excluding carboxylic acids is 1. The van der Waals surface area contributed by atoms with Crippen molar-refractivity contribution in [3.8, 4) is 0 Å². The minimum Gasteiger partial charge on any atom is -0.348 e. The van der Waals surface area contributed by atoms with Crippen LogP contribution in [0.3, 0.4) is 0 Å². The number of carbonyl (C=O) groups is 1. The number of aryl methyl sites for hydroxylation is 1. The van der Waals surface area contributed by atoms with Crippen LogP contribution < -0.4 is 5.32 Å². The highest BCUT2D eigenvalue weighted by Gasteiger charge is 2.11. The summed E-state index contributed by atoms with van der Waals surface area (Å²) in [6.07, 6.45) is 0. The van der Waals surface area contributed by atoms with Gasteiger partial charge in [-0.05, 0) is 37.6 Å². The third-order valence-corrected chi connectivity index (χ3v) is 3.00. The summed E-state index contributed by atoms with van der Waals surface area (Å²) in [7, 11) is 0. The summed E-state index contributed by atoms with van der Waals surface area (Å²) in [4.78, 5) is 11.8. The Morgan fingerprint density at radius 3 is 2.80 bits per heavy atom. The first-order valence-corrected chi connectivity index (χ1v) is 6.00. The van der Waals surface area contributed by atoms with Gasteiger partial charge < -0.3 is 5.32 Å². The largest absolute Gasteiger partial charge is 0.348 e. The molecule has 1 amide bonds. The number of hydrogen-bond acceptors (Lipinski definition) is 1. The van der Waals surface area contributed by atoms with E-state index >= 15 is 0 Å². The molecule has 82 valence electrons. The van der Waals surface area contributed by atoms with Gasteiger partial charge in [0.2, 0.25) is 0 Å². The summed E-state index contributed by atoms with van der Waals surface area (Å²) in [5.41, 5.74) is 1.64. The van der Waals surface area contributed by atoms with Gasteiger partial charge in [0.25, 0.3) is 5.91 Å². The second-order valence-corrected chi connectivity index (χ2v) is 4.71. The highest BCUT2D eigenvalue weighted by molar-refractivity contribution is 9.10. The van der Waals surface area contributed by atoms with Crippen LogP contribution in [-0.2, 0) is 0 Å². The van der Waals surface area contributed by atoms with Crippen LogP contribution in [0, 0.1) is 6.92 Å². The van der Waals surface area contributed by atoms with E-state index in [4.69, 9.17) is 11.6 Å². The van der Waals surface area contributed by atoms with Crippen LogP contribution in [0.1, 0.15) is 22.8 Å². The molecule has 1 aromatic rings. The highest BCUT2D eigenvalue weighted by Crippen LogP contribution is 2.15. The molecule has 0 saturated carbocycles. The summed E-state index contributed by atoms with van der Waals surface area (Å²) < 4.78 is 0.974. The molecule has 1 unspecified atom stereocenters. The van der Waals surface area contributed by atoms with Crippen LogP contribution in [0.15, 0.2) is 22.7 Å². The Morgan fingerprint density at radius 2 is 2.27 bits per heavy atom. The predicted octanol–water partition coefficient (Wildman–Crippen LogP) is 3.11. The SMILES string of the molecule is Cc1cc(Br)ccc1C(=O)NC(C)CCl. The predicted molar refractivity (Wildman–Crippen MR) is 66.5 cm³/mol. The molecule has 0 radical (unpaired) electrons. The van der Waals surface area contributed by atoms with E-state index in [1.165, 1.54) is 0 Å². The van der Waals surface area contributed by atoms with Gasteiger partial charge in [0, 0.05) is 22.0 Å². The maximum atomic E-state index is 11.8. The quantitative estimate of drug-likeness (QED) is 0.852. The number of nitrogens with one attached hydrogen (secondary N) is 1. The van der Waals surface area contributed by atoms with Gasteiger partial charge in [0.05, 0.1) is 0 Å². The first kappa shape index (κ1) is 12.5. The Labute approximate surface area is 103 Å². The van der Waals surface area contributed by atoms with Crippen LogP contribution >= 0.6 is 27.5 Å².